The molecule has 80 valence electrons. The highest BCUT2D eigenvalue weighted by Crippen LogP contribution is 2.29. The maximum Gasteiger partial charge on any atom is 0.414 e. The van der Waals surface area contributed by atoms with Crippen molar-refractivity contribution < 1.29 is 14.6 Å². The Hall–Kier alpha value is -1.71. The van der Waals surface area contributed by atoms with E-state index in [4.69, 9.17) is 4.74 Å². The highest BCUT2D eigenvalue weighted by Gasteiger charge is 2.26. The average Bonchev–Trinajstić information content (AvgIpc) is 2.20. The number of para-hydroxylation sites is 2. The Morgan fingerprint density at radius 2 is 2.20 bits per heavy atom. The van der Waals surface area contributed by atoms with E-state index in [1.807, 2.05) is 6.92 Å². The second kappa shape index (κ2) is 3.81. The molecule has 0 aromatic heterocycles. The molecule has 0 radical (unpaired) electrons. The molecule has 1 atom stereocenters. The number of phenolic OH excluding ortho intramolecular Hbond substituents is 1. The van der Waals surface area contributed by atoms with Gasteiger partial charge < -0.3 is 9.84 Å². The minimum Gasteiger partial charge on any atom is -0.506 e. The first-order valence-corrected chi connectivity index (χ1v) is 4.94. The van der Waals surface area contributed by atoms with Crippen molar-refractivity contribution in [2.45, 2.75) is 19.4 Å². The van der Waals surface area contributed by atoms with E-state index in [-0.39, 0.29) is 11.9 Å². The number of hydrogen-bond donors (Lipinski definition) is 1. The molecule has 1 N–H and O–H groups in total. The van der Waals surface area contributed by atoms with Gasteiger partial charge in [-0.05, 0) is 19.1 Å². The first kappa shape index (κ1) is 9.83. The molecule has 0 spiro atoms. The number of amides is 1. The van der Waals surface area contributed by atoms with E-state index in [1.54, 1.807) is 24.3 Å². The second-order valence-corrected chi connectivity index (χ2v) is 3.62. The normalized spacial score (nSPS) is 21.3. The Morgan fingerprint density at radius 1 is 1.47 bits per heavy atom. The largest absolute Gasteiger partial charge is 0.506 e. The Bertz CT molecular complexity index is 378. The summed E-state index contributed by atoms with van der Waals surface area (Å²) >= 11 is 0. The zero-order chi connectivity index (χ0) is 10.8. The Morgan fingerprint density at radius 3 is 2.87 bits per heavy atom. The lowest BCUT2D eigenvalue weighted by molar-refractivity contribution is 0.0942. The van der Waals surface area contributed by atoms with Crippen LogP contribution in [0.1, 0.15) is 13.3 Å². The van der Waals surface area contributed by atoms with Crippen molar-refractivity contribution in [2.75, 3.05) is 11.4 Å². The van der Waals surface area contributed by atoms with Crippen molar-refractivity contribution >= 4 is 11.8 Å². The van der Waals surface area contributed by atoms with Crippen LogP contribution in [-0.4, -0.2) is 23.8 Å². The van der Waals surface area contributed by atoms with E-state index in [1.165, 1.54) is 4.90 Å². The van der Waals surface area contributed by atoms with E-state index in [9.17, 15) is 9.90 Å². The summed E-state index contributed by atoms with van der Waals surface area (Å²) in [5.41, 5.74) is 0.509. The van der Waals surface area contributed by atoms with Crippen molar-refractivity contribution in [3.05, 3.63) is 24.3 Å². The topological polar surface area (TPSA) is 49.8 Å². The quantitative estimate of drug-likeness (QED) is 0.767. The summed E-state index contributed by atoms with van der Waals surface area (Å²) < 4.78 is 5.08. The molecule has 1 amide bonds. The molecule has 4 heteroatoms. The number of carbonyl (C=O) groups excluding carboxylic acids is 1. The molecule has 0 aliphatic carbocycles. The number of hydrogen-bond acceptors (Lipinski definition) is 3. The zero-order valence-corrected chi connectivity index (χ0v) is 8.51. The fourth-order valence-corrected chi connectivity index (χ4v) is 1.61. The van der Waals surface area contributed by atoms with Crippen LogP contribution in [0.25, 0.3) is 0 Å². The maximum absolute atomic E-state index is 11.5. The number of aromatic hydroxyl groups is 1. The van der Waals surface area contributed by atoms with Gasteiger partial charge in [-0.1, -0.05) is 12.1 Å². The lowest BCUT2D eigenvalue weighted by Crippen LogP contribution is -2.41. The molecule has 1 saturated heterocycles. The molecule has 15 heavy (non-hydrogen) atoms. The number of carbonyl (C=O) groups is 1. The molecule has 1 unspecified atom stereocenters. The Kier molecular flexibility index (Phi) is 2.49. The van der Waals surface area contributed by atoms with Gasteiger partial charge in [-0.2, -0.15) is 0 Å². The summed E-state index contributed by atoms with van der Waals surface area (Å²) in [6.07, 6.45) is 0.343. The highest BCUT2D eigenvalue weighted by molar-refractivity contribution is 5.90. The summed E-state index contributed by atoms with van der Waals surface area (Å²) in [5.74, 6) is 0.101. The lowest BCUT2D eigenvalue weighted by Gasteiger charge is -2.30. The molecule has 2 rings (SSSR count). The van der Waals surface area contributed by atoms with Crippen molar-refractivity contribution in [1.82, 2.24) is 0 Å². The monoisotopic (exact) mass is 207 g/mol. The van der Waals surface area contributed by atoms with Crippen molar-refractivity contribution in [3.8, 4) is 5.75 Å². The van der Waals surface area contributed by atoms with Gasteiger partial charge in [0.1, 0.15) is 11.9 Å². The Balaban J connectivity index is 2.24. The minimum atomic E-state index is -0.393. The number of cyclic esters (lactones) is 1. The van der Waals surface area contributed by atoms with Crippen LogP contribution < -0.4 is 4.90 Å². The molecule has 0 saturated carbocycles. The fraction of sp³-hybridized carbons (Fsp3) is 0.364. The molecule has 4 nitrogen and oxygen atoms in total. The van der Waals surface area contributed by atoms with Crippen LogP contribution in [-0.2, 0) is 4.74 Å². The van der Waals surface area contributed by atoms with Gasteiger partial charge in [0.2, 0.25) is 0 Å². The first-order valence-electron chi connectivity index (χ1n) is 4.94. The van der Waals surface area contributed by atoms with Gasteiger partial charge in [0.15, 0.2) is 0 Å². The summed E-state index contributed by atoms with van der Waals surface area (Å²) in [4.78, 5) is 13.0. The van der Waals surface area contributed by atoms with Crippen molar-refractivity contribution in [3.63, 3.8) is 0 Å². The van der Waals surface area contributed by atoms with Crippen LogP contribution in [0.5, 0.6) is 5.75 Å². The van der Waals surface area contributed by atoms with E-state index in [0.29, 0.717) is 12.2 Å². The SMILES string of the molecule is CC1CCN(c2ccccc2O)C(=O)O1. The average molecular weight is 207 g/mol. The molecule has 0 bridgehead atoms. The van der Waals surface area contributed by atoms with Crippen LogP contribution in [0, 0.1) is 0 Å². The van der Waals surface area contributed by atoms with Gasteiger partial charge in [0.25, 0.3) is 0 Å². The van der Waals surface area contributed by atoms with Crippen LogP contribution >= 0.6 is 0 Å². The van der Waals surface area contributed by atoms with Crippen LogP contribution in [0.3, 0.4) is 0 Å². The highest BCUT2D eigenvalue weighted by atomic mass is 16.6. The van der Waals surface area contributed by atoms with Gasteiger partial charge in [-0.25, -0.2) is 4.79 Å². The third kappa shape index (κ3) is 1.88. The predicted molar refractivity (Wildman–Crippen MR) is 56.0 cm³/mol. The van der Waals surface area contributed by atoms with Crippen molar-refractivity contribution in [1.29, 1.82) is 0 Å². The number of benzene rings is 1. The molecule has 1 heterocycles. The smallest absolute Gasteiger partial charge is 0.414 e. The fourth-order valence-electron chi connectivity index (χ4n) is 1.61. The molecular formula is C11H13NO3. The number of phenols is 1. The summed E-state index contributed by atoms with van der Waals surface area (Å²) in [6.45, 7) is 2.44. The van der Waals surface area contributed by atoms with E-state index in [0.717, 1.165) is 6.42 Å². The van der Waals surface area contributed by atoms with Crippen LogP contribution in [0.4, 0.5) is 10.5 Å². The molecule has 1 aromatic rings. The summed E-state index contributed by atoms with van der Waals surface area (Å²) in [7, 11) is 0. The Labute approximate surface area is 88.1 Å². The zero-order valence-electron chi connectivity index (χ0n) is 8.51. The first-order chi connectivity index (χ1) is 7.18. The lowest BCUT2D eigenvalue weighted by atomic mass is 10.2. The summed E-state index contributed by atoms with van der Waals surface area (Å²) in [6, 6.07) is 6.75. The maximum atomic E-state index is 11.5. The van der Waals surface area contributed by atoms with Gasteiger partial charge in [0, 0.05) is 13.0 Å². The number of nitrogens with zero attached hydrogens (tertiary/aromatic N) is 1. The molecule has 1 fully saturated rings. The predicted octanol–water partition coefficient (Wildman–Crippen LogP) is 2.13. The van der Waals surface area contributed by atoms with E-state index >= 15 is 0 Å². The standard InChI is InChI=1S/C11H13NO3/c1-8-6-7-12(11(14)15-8)9-4-2-3-5-10(9)13/h2-5,8,13H,6-7H2,1H3. The number of ether oxygens (including phenoxy) is 1. The van der Waals surface area contributed by atoms with Crippen LogP contribution in [0.15, 0.2) is 24.3 Å². The third-order valence-electron chi connectivity index (χ3n) is 2.45. The van der Waals surface area contributed by atoms with Gasteiger partial charge in [0.05, 0.1) is 5.69 Å². The summed E-state index contributed by atoms with van der Waals surface area (Å²) in [5, 5.41) is 9.60. The van der Waals surface area contributed by atoms with Gasteiger partial charge in [-0.3, -0.25) is 4.90 Å². The number of anilines is 1. The van der Waals surface area contributed by atoms with Gasteiger partial charge in [-0.15, -0.1) is 0 Å². The molecule has 1 aromatic carbocycles. The van der Waals surface area contributed by atoms with Crippen molar-refractivity contribution in [2.24, 2.45) is 0 Å². The molecule has 1 aliphatic heterocycles. The van der Waals surface area contributed by atoms with E-state index in [2.05, 4.69) is 0 Å². The molecule has 1 aliphatic rings. The van der Waals surface area contributed by atoms with Gasteiger partial charge >= 0.3 is 6.09 Å². The number of rotatable bonds is 1. The third-order valence-corrected chi connectivity index (χ3v) is 2.45. The van der Waals surface area contributed by atoms with Crippen LogP contribution in [0.2, 0.25) is 0 Å². The molecular weight excluding hydrogens is 194 g/mol. The second-order valence-electron chi connectivity index (χ2n) is 3.62. The minimum absolute atomic E-state index is 0.0420. The van der Waals surface area contributed by atoms with E-state index < -0.39 is 6.09 Å².